The van der Waals surface area contributed by atoms with Gasteiger partial charge in [0.2, 0.25) is 5.91 Å². The standard InChI is InChI=1S/C19H20F3N3O2/c20-19(21,22)14-6-8-15(9-7-14)27-11-10-23-18(26)16-12-24-25-17(16)13-4-2-1-3-5-13/h1-9,16-17,24-25H,10-12H2,(H,23,26). The maximum absolute atomic E-state index is 12.5. The highest BCUT2D eigenvalue weighted by Gasteiger charge is 2.33. The second-order valence-corrected chi connectivity index (χ2v) is 6.18. The highest BCUT2D eigenvalue weighted by molar-refractivity contribution is 5.80. The molecule has 2 atom stereocenters. The van der Waals surface area contributed by atoms with Crippen molar-refractivity contribution in [3.63, 3.8) is 0 Å². The van der Waals surface area contributed by atoms with E-state index in [1.54, 1.807) is 0 Å². The lowest BCUT2D eigenvalue weighted by atomic mass is 9.94. The topological polar surface area (TPSA) is 62.4 Å². The lowest BCUT2D eigenvalue weighted by Gasteiger charge is -2.18. The molecule has 3 rings (SSSR count). The van der Waals surface area contributed by atoms with Crippen molar-refractivity contribution in [2.24, 2.45) is 5.92 Å². The summed E-state index contributed by atoms with van der Waals surface area (Å²) in [6, 6.07) is 14.0. The number of hydrazine groups is 1. The smallest absolute Gasteiger partial charge is 0.416 e. The van der Waals surface area contributed by atoms with Crippen molar-refractivity contribution in [2.75, 3.05) is 19.7 Å². The van der Waals surface area contributed by atoms with E-state index in [4.69, 9.17) is 4.74 Å². The highest BCUT2D eigenvalue weighted by atomic mass is 19.4. The van der Waals surface area contributed by atoms with Gasteiger partial charge in [-0.05, 0) is 29.8 Å². The van der Waals surface area contributed by atoms with Crippen LogP contribution in [0.4, 0.5) is 13.2 Å². The number of hydrogen-bond donors (Lipinski definition) is 3. The molecule has 0 radical (unpaired) electrons. The third kappa shape index (κ3) is 4.99. The Morgan fingerprint density at radius 1 is 1.11 bits per heavy atom. The van der Waals surface area contributed by atoms with E-state index in [9.17, 15) is 18.0 Å². The van der Waals surface area contributed by atoms with Crippen LogP contribution in [-0.2, 0) is 11.0 Å². The Hall–Kier alpha value is -2.58. The molecular weight excluding hydrogens is 359 g/mol. The Labute approximate surface area is 154 Å². The van der Waals surface area contributed by atoms with Crippen LogP contribution in [0.5, 0.6) is 5.75 Å². The number of ether oxygens (including phenoxy) is 1. The van der Waals surface area contributed by atoms with E-state index >= 15 is 0 Å². The number of carbonyl (C=O) groups excluding carboxylic acids is 1. The summed E-state index contributed by atoms with van der Waals surface area (Å²) in [6.07, 6.45) is -4.37. The van der Waals surface area contributed by atoms with Gasteiger partial charge in [-0.3, -0.25) is 10.2 Å². The molecule has 2 aromatic carbocycles. The first-order valence-corrected chi connectivity index (χ1v) is 8.56. The van der Waals surface area contributed by atoms with Crippen LogP contribution in [-0.4, -0.2) is 25.6 Å². The normalized spacial score (nSPS) is 19.7. The van der Waals surface area contributed by atoms with E-state index in [0.29, 0.717) is 12.3 Å². The van der Waals surface area contributed by atoms with Crippen molar-refractivity contribution < 1.29 is 22.7 Å². The van der Waals surface area contributed by atoms with E-state index in [-0.39, 0.29) is 31.0 Å². The first-order chi connectivity index (χ1) is 12.9. The fraction of sp³-hybridized carbons (Fsp3) is 0.316. The molecule has 1 aliphatic rings. The van der Waals surface area contributed by atoms with Gasteiger partial charge in [0.05, 0.1) is 24.1 Å². The van der Waals surface area contributed by atoms with Crippen LogP contribution in [0.25, 0.3) is 0 Å². The van der Waals surface area contributed by atoms with Gasteiger partial charge in [0.15, 0.2) is 0 Å². The van der Waals surface area contributed by atoms with Crippen molar-refractivity contribution in [2.45, 2.75) is 12.2 Å². The number of nitrogens with one attached hydrogen (secondary N) is 3. The lowest BCUT2D eigenvalue weighted by Crippen LogP contribution is -2.37. The monoisotopic (exact) mass is 379 g/mol. The Morgan fingerprint density at radius 3 is 2.48 bits per heavy atom. The Kier molecular flexibility index (Phi) is 5.98. The molecule has 1 fully saturated rings. The molecule has 8 heteroatoms. The largest absolute Gasteiger partial charge is 0.492 e. The third-order valence-corrected chi connectivity index (χ3v) is 4.33. The summed E-state index contributed by atoms with van der Waals surface area (Å²) in [5, 5.41) is 2.81. The van der Waals surface area contributed by atoms with Gasteiger partial charge in [0, 0.05) is 6.54 Å². The van der Waals surface area contributed by atoms with Gasteiger partial charge >= 0.3 is 6.18 Å². The van der Waals surface area contributed by atoms with Crippen LogP contribution in [0.1, 0.15) is 17.2 Å². The van der Waals surface area contributed by atoms with Crippen LogP contribution >= 0.6 is 0 Å². The van der Waals surface area contributed by atoms with E-state index < -0.39 is 11.7 Å². The molecule has 27 heavy (non-hydrogen) atoms. The molecule has 0 spiro atoms. The molecule has 0 aliphatic carbocycles. The minimum Gasteiger partial charge on any atom is -0.492 e. The molecule has 0 bridgehead atoms. The molecule has 5 nitrogen and oxygen atoms in total. The fourth-order valence-electron chi connectivity index (χ4n) is 2.93. The highest BCUT2D eigenvalue weighted by Crippen LogP contribution is 2.30. The predicted molar refractivity (Wildman–Crippen MR) is 93.8 cm³/mol. The second kappa shape index (κ2) is 8.41. The molecule has 2 aromatic rings. The van der Waals surface area contributed by atoms with Crippen molar-refractivity contribution in [1.29, 1.82) is 0 Å². The molecule has 2 unspecified atom stereocenters. The summed E-state index contributed by atoms with van der Waals surface area (Å²) >= 11 is 0. The van der Waals surface area contributed by atoms with Crippen molar-refractivity contribution in [3.8, 4) is 5.75 Å². The molecule has 0 aromatic heterocycles. The quantitative estimate of drug-likeness (QED) is 0.676. The minimum atomic E-state index is -4.37. The van der Waals surface area contributed by atoms with E-state index in [2.05, 4.69) is 16.2 Å². The van der Waals surface area contributed by atoms with Gasteiger partial charge in [-0.25, -0.2) is 5.43 Å². The number of rotatable bonds is 6. The van der Waals surface area contributed by atoms with E-state index in [1.807, 2.05) is 30.3 Å². The molecule has 1 aliphatic heterocycles. The zero-order valence-electron chi connectivity index (χ0n) is 14.4. The van der Waals surface area contributed by atoms with Gasteiger partial charge in [0.25, 0.3) is 0 Å². The molecule has 0 saturated carbocycles. The Bertz CT molecular complexity index is 751. The van der Waals surface area contributed by atoms with Crippen molar-refractivity contribution >= 4 is 5.91 Å². The molecule has 144 valence electrons. The van der Waals surface area contributed by atoms with Crippen LogP contribution in [0.3, 0.4) is 0 Å². The van der Waals surface area contributed by atoms with Gasteiger partial charge in [-0.1, -0.05) is 30.3 Å². The zero-order valence-corrected chi connectivity index (χ0v) is 14.4. The molecule has 1 amide bonds. The summed E-state index contributed by atoms with van der Waals surface area (Å²) < 4.78 is 42.9. The Balaban J connectivity index is 1.45. The molecular formula is C19H20F3N3O2. The first kappa shape index (κ1) is 19.2. The minimum absolute atomic E-state index is 0.114. The number of amides is 1. The maximum atomic E-state index is 12.5. The van der Waals surface area contributed by atoms with Crippen LogP contribution < -0.4 is 20.9 Å². The van der Waals surface area contributed by atoms with Gasteiger partial charge in [-0.2, -0.15) is 13.2 Å². The summed E-state index contributed by atoms with van der Waals surface area (Å²) in [6.45, 7) is 0.934. The maximum Gasteiger partial charge on any atom is 0.416 e. The first-order valence-electron chi connectivity index (χ1n) is 8.56. The molecule has 3 N–H and O–H groups in total. The van der Waals surface area contributed by atoms with Crippen molar-refractivity contribution in [1.82, 2.24) is 16.2 Å². The van der Waals surface area contributed by atoms with Gasteiger partial charge in [-0.15, -0.1) is 0 Å². The summed E-state index contributed by atoms with van der Waals surface area (Å²) in [7, 11) is 0. The average Bonchev–Trinajstić information content (AvgIpc) is 3.15. The third-order valence-electron chi connectivity index (χ3n) is 4.33. The van der Waals surface area contributed by atoms with Gasteiger partial charge < -0.3 is 10.1 Å². The SMILES string of the molecule is O=C(NCCOc1ccc(C(F)(F)F)cc1)C1CNNC1c1ccccc1. The number of hydrogen-bond acceptors (Lipinski definition) is 4. The Morgan fingerprint density at radius 2 is 1.81 bits per heavy atom. The number of carbonyl (C=O) groups is 1. The number of halogens is 3. The second-order valence-electron chi connectivity index (χ2n) is 6.18. The van der Waals surface area contributed by atoms with Crippen LogP contribution in [0.2, 0.25) is 0 Å². The van der Waals surface area contributed by atoms with Crippen LogP contribution in [0.15, 0.2) is 54.6 Å². The summed E-state index contributed by atoms with van der Waals surface area (Å²) in [5.74, 6) is -0.0561. The summed E-state index contributed by atoms with van der Waals surface area (Å²) in [5.41, 5.74) is 6.40. The van der Waals surface area contributed by atoms with Gasteiger partial charge in [0.1, 0.15) is 12.4 Å². The van der Waals surface area contributed by atoms with Crippen LogP contribution in [0, 0.1) is 5.92 Å². The molecule has 1 saturated heterocycles. The average molecular weight is 379 g/mol. The van der Waals surface area contributed by atoms with E-state index in [1.165, 1.54) is 12.1 Å². The number of alkyl halides is 3. The number of benzene rings is 2. The van der Waals surface area contributed by atoms with Crippen molar-refractivity contribution in [3.05, 3.63) is 65.7 Å². The van der Waals surface area contributed by atoms with E-state index in [0.717, 1.165) is 17.7 Å². The summed E-state index contributed by atoms with van der Waals surface area (Å²) in [4.78, 5) is 12.4. The zero-order chi connectivity index (χ0) is 19.3. The fourth-order valence-corrected chi connectivity index (χ4v) is 2.93. The molecule has 1 heterocycles. The predicted octanol–water partition coefficient (Wildman–Crippen LogP) is 2.67. The lowest BCUT2D eigenvalue weighted by molar-refractivity contribution is -0.137.